The molecule has 2 rings (SSSR count). The van der Waals surface area contributed by atoms with E-state index in [0.717, 1.165) is 19.4 Å². The maximum Gasteiger partial charge on any atom is 0.241 e. The van der Waals surface area contributed by atoms with Crippen LogP contribution in [0.2, 0.25) is 0 Å². The Kier molecular flexibility index (Phi) is 5.71. The highest BCUT2D eigenvalue weighted by molar-refractivity contribution is 7.98. The predicted molar refractivity (Wildman–Crippen MR) is 89.3 cm³/mol. The lowest BCUT2D eigenvalue weighted by molar-refractivity contribution is -0.130. The summed E-state index contributed by atoms with van der Waals surface area (Å²) in [6.07, 6.45) is 4.03. The molecule has 0 bridgehead atoms. The zero-order valence-corrected chi connectivity index (χ0v) is 14.2. The fourth-order valence-electron chi connectivity index (χ4n) is 2.83. The molecular formula is C17H26N2OS. The van der Waals surface area contributed by atoms with Gasteiger partial charge in [0.2, 0.25) is 5.91 Å². The zero-order chi connectivity index (χ0) is 15.4. The average Bonchev–Trinajstić information content (AvgIpc) is 2.77. The van der Waals surface area contributed by atoms with Crippen LogP contribution >= 0.6 is 11.8 Å². The summed E-state index contributed by atoms with van der Waals surface area (Å²) < 4.78 is 0. The second-order valence-electron chi connectivity index (χ2n) is 6.07. The van der Waals surface area contributed by atoms with Gasteiger partial charge in [-0.15, -0.1) is 11.8 Å². The first-order valence-electron chi connectivity index (χ1n) is 7.77. The smallest absolute Gasteiger partial charge is 0.241 e. The van der Waals surface area contributed by atoms with Gasteiger partial charge in [0.25, 0.3) is 0 Å². The van der Waals surface area contributed by atoms with Crippen LogP contribution in [0.4, 0.5) is 0 Å². The number of nitrogens with zero attached hydrogens (tertiary/aromatic N) is 1. The van der Waals surface area contributed by atoms with Gasteiger partial charge in [-0.05, 0) is 36.3 Å². The molecule has 1 amide bonds. The highest BCUT2D eigenvalue weighted by Crippen LogP contribution is 2.29. The first-order valence-corrected chi connectivity index (χ1v) is 8.99. The van der Waals surface area contributed by atoms with E-state index in [0.29, 0.717) is 5.92 Å². The molecule has 21 heavy (non-hydrogen) atoms. The van der Waals surface area contributed by atoms with E-state index >= 15 is 0 Å². The van der Waals surface area contributed by atoms with Crippen LogP contribution in [0.25, 0.3) is 0 Å². The standard InChI is InChI=1S/C17H26N2OS/c1-5-6-15-17(20)19(11-12(2)3)16(18-15)13-7-9-14(21-4)10-8-13/h7-10,12,15-16,18H,5-6,11H2,1-4H3. The van der Waals surface area contributed by atoms with Crippen molar-refractivity contribution in [1.82, 2.24) is 10.2 Å². The molecule has 1 heterocycles. The molecule has 4 heteroatoms. The first kappa shape index (κ1) is 16.4. The summed E-state index contributed by atoms with van der Waals surface area (Å²) in [4.78, 5) is 15.9. The summed E-state index contributed by atoms with van der Waals surface area (Å²) in [6.45, 7) is 7.26. The van der Waals surface area contributed by atoms with Gasteiger partial charge in [0.15, 0.2) is 0 Å². The van der Waals surface area contributed by atoms with Crippen molar-refractivity contribution in [2.45, 2.75) is 50.7 Å². The number of rotatable bonds is 6. The van der Waals surface area contributed by atoms with E-state index in [1.165, 1.54) is 10.5 Å². The molecule has 1 N–H and O–H groups in total. The summed E-state index contributed by atoms with van der Waals surface area (Å²) in [5, 5.41) is 3.52. The molecule has 1 aromatic rings. The summed E-state index contributed by atoms with van der Waals surface area (Å²) in [5.74, 6) is 0.730. The number of thioether (sulfide) groups is 1. The Morgan fingerprint density at radius 3 is 2.48 bits per heavy atom. The van der Waals surface area contributed by atoms with E-state index in [-0.39, 0.29) is 18.1 Å². The van der Waals surface area contributed by atoms with Gasteiger partial charge in [-0.25, -0.2) is 0 Å². The molecule has 1 saturated heterocycles. The second kappa shape index (κ2) is 7.32. The normalized spacial score (nSPS) is 22.3. The quantitative estimate of drug-likeness (QED) is 0.814. The van der Waals surface area contributed by atoms with Crippen molar-refractivity contribution in [3.63, 3.8) is 0 Å². The fraction of sp³-hybridized carbons (Fsp3) is 0.588. The molecule has 2 unspecified atom stereocenters. The largest absolute Gasteiger partial charge is 0.321 e. The molecular weight excluding hydrogens is 280 g/mol. The minimum atomic E-state index is -0.0287. The van der Waals surface area contributed by atoms with Gasteiger partial charge in [-0.3, -0.25) is 10.1 Å². The molecule has 0 aromatic heterocycles. The molecule has 1 aliphatic rings. The highest BCUT2D eigenvalue weighted by atomic mass is 32.2. The molecule has 0 saturated carbocycles. The van der Waals surface area contributed by atoms with Gasteiger partial charge in [0.1, 0.15) is 6.17 Å². The van der Waals surface area contributed by atoms with Gasteiger partial charge in [0.05, 0.1) is 6.04 Å². The minimum absolute atomic E-state index is 0.0207. The van der Waals surface area contributed by atoms with E-state index in [1.54, 1.807) is 11.8 Å². The van der Waals surface area contributed by atoms with E-state index in [2.05, 4.69) is 56.6 Å². The molecule has 1 aromatic carbocycles. The van der Waals surface area contributed by atoms with Crippen LogP contribution in [0.3, 0.4) is 0 Å². The highest BCUT2D eigenvalue weighted by Gasteiger charge is 2.38. The van der Waals surface area contributed by atoms with Gasteiger partial charge in [-0.2, -0.15) is 0 Å². The third kappa shape index (κ3) is 3.80. The summed E-state index contributed by atoms with van der Waals surface area (Å²) in [5.41, 5.74) is 1.18. The van der Waals surface area contributed by atoms with E-state index in [4.69, 9.17) is 0 Å². The fourth-order valence-corrected chi connectivity index (χ4v) is 3.23. The van der Waals surface area contributed by atoms with Crippen LogP contribution in [0.15, 0.2) is 29.2 Å². The van der Waals surface area contributed by atoms with Crippen molar-refractivity contribution < 1.29 is 4.79 Å². The molecule has 0 radical (unpaired) electrons. The molecule has 0 aliphatic carbocycles. The van der Waals surface area contributed by atoms with Crippen molar-refractivity contribution in [3.05, 3.63) is 29.8 Å². The number of carbonyl (C=O) groups excluding carboxylic acids is 1. The number of carbonyl (C=O) groups is 1. The van der Waals surface area contributed by atoms with Crippen LogP contribution in [0.1, 0.15) is 45.3 Å². The van der Waals surface area contributed by atoms with Gasteiger partial charge >= 0.3 is 0 Å². The minimum Gasteiger partial charge on any atom is -0.321 e. The molecule has 2 atom stereocenters. The van der Waals surface area contributed by atoms with Crippen molar-refractivity contribution in [2.24, 2.45) is 5.92 Å². The predicted octanol–water partition coefficient (Wildman–Crippen LogP) is 3.66. The van der Waals surface area contributed by atoms with Crippen molar-refractivity contribution >= 4 is 17.7 Å². The Hall–Kier alpha value is -1.00. The number of benzene rings is 1. The van der Waals surface area contributed by atoms with Crippen LogP contribution in [0, 0.1) is 5.92 Å². The van der Waals surface area contributed by atoms with Crippen molar-refractivity contribution in [1.29, 1.82) is 0 Å². The van der Waals surface area contributed by atoms with Crippen molar-refractivity contribution in [2.75, 3.05) is 12.8 Å². The van der Waals surface area contributed by atoms with E-state index in [1.807, 2.05) is 4.90 Å². The Morgan fingerprint density at radius 2 is 1.95 bits per heavy atom. The maximum atomic E-state index is 12.6. The first-order chi connectivity index (χ1) is 10.1. The van der Waals surface area contributed by atoms with Crippen LogP contribution in [-0.4, -0.2) is 29.6 Å². The number of nitrogens with one attached hydrogen (secondary N) is 1. The average molecular weight is 306 g/mol. The third-order valence-electron chi connectivity index (χ3n) is 3.82. The summed E-state index contributed by atoms with van der Waals surface area (Å²) >= 11 is 1.74. The van der Waals surface area contributed by atoms with Crippen LogP contribution in [0.5, 0.6) is 0 Å². The van der Waals surface area contributed by atoms with Crippen molar-refractivity contribution in [3.8, 4) is 0 Å². The Labute approximate surface area is 132 Å². The molecule has 0 spiro atoms. The third-order valence-corrected chi connectivity index (χ3v) is 4.57. The van der Waals surface area contributed by atoms with Gasteiger partial charge < -0.3 is 4.90 Å². The molecule has 1 fully saturated rings. The monoisotopic (exact) mass is 306 g/mol. The second-order valence-corrected chi connectivity index (χ2v) is 6.95. The molecule has 1 aliphatic heterocycles. The molecule has 116 valence electrons. The Morgan fingerprint density at radius 1 is 1.29 bits per heavy atom. The van der Waals surface area contributed by atoms with Crippen LogP contribution in [-0.2, 0) is 4.79 Å². The SMILES string of the molecule is CCCC1NC(c2ccc(SC)cc2)N(CC(C)C)C1=O. The summed E-state index contributed by atoms with van der Waals surface area (Å²) in [7, 11) is 0. The zero-order valence-electron chi connectivity index (χ0n) is 13.4. The molecule has 3 nitrogen and oxygen atoms in total. The van der Waals surface area contributed by atoms with E-state index in [9.17, 15) is 4.79 Å². The number of hydrogen-bond acceptors (Lipinski definition) is 3. The van der Waals surface area contributed by atoms with E-state index < -0.39 is 0 Å². The maximum absolute atomic E-state index is 12.6. The number of hydrogen-bond donors (Lipinski definition) is 1. The lowest BCUT2D eigenvalue weighted by Gasteiger charge is -2.26. The van der Waals surface area contributed by atoms with Gasteiger partial charge in [0, 0.05) is 11.4 Å². The number of amides is 1. The summed E-state index contributed by atoms with van der Waals surface area (Å²) in [6, 6.07) is 8.51. The lowest BCUT2D eigenvalue weighted by Crippen LogP contribution is -2.34. The van der Waals surface area contributed by atoms with Gasteiger partial charge in [-0.1, -0.05) is 39.3 Å². The lowest BCUT2D eigenvalue weighted by atomic mass is 10.1. The van der Waals surface area contributed by atoms with Crippen LogP contribution < -0.4 is 5.32 Å². The topological polar surface area (TPSA) is 32.3 Å². The Bertz CT molecular complexity index is 472. The Balaban J connectivity index is 2.22.